The van der Waals surface area contributed by atoms with Gasteiger partial charge in [-0.1, -0.05) is 25.9 Å². The number of aliphatic imine (C=N–C) groups is 1. The zero-order valence-electron chi connectivity index (χ0n) is 21.7. The van der Waals surface area contributed by atoms with E-state index in [1.54, 1.807) is 12.7 Å². The van der Waals surface area contributed by atoms with Crippen molar-refractivity contribution >= 4 is 59.8 Å². The van der Waals surface area contributed by atoms with Crippen LogP contribution in [0.15, 0.2) is 22.7 Å². The Kier molecular flexibility index (Phi) is 8.41. The number of ether oxygens (including phenoxy) is 1. The predicted octanol–water partition coefficient (Wildman–Crippen LogP) is 5.35. The number of aromatic nitrogens is 3. The Labute approximate surface area is 217 Å². The molecular weight excluding hydrogens is 563 g/mol. The molecule has 34 heavy (non-hydrogen) atoms. The molecule has 1 aliphatic rings. The van der Waals surface area contributed by atoms with Gasteiger partial charge in [0.25, 0.3) is 0 Å². The van der Waals surface area contributed by atoms with Gasteiger partial charge in [0.1, 0.15) is 24.3 Å². The van der Waals surface area contributed by atoms with Crippen molar-refractivity contribution in [1.29, 1.82) is 0 Å². The monoisotopic (exact) mass is 600 g/mol. The van der Waals surface area contributed by atoms with E-state index in [-0.39, 0.29) is 23.5 Å². The van der Waals surface area contributed by atoms with Crippen molar-refractivity contribution in [3.63, 3.8) is 0 Å². The van der Waals surface area contributed by atoms with Crippen molar-refractivity contribution < 1.29 is 14.0 Å². The van der Waals surface area contributed by atoms with Crippen LogP contribution in [0.2, 0.25) is 18.1 Å². The molecule has 0 spiro atoms. The van der Waals surface area contributed by atoms with Crippen molar-refractivity contribution in [2.45, 2.75) is 77.6 Å². The molecule has 0 radical (unpaired) electrons. The van der Waals surface area contributed by atoms with Crippen molar-refractivity contribution in [2.24, 2.45) is 10.1 Å². The number of hydrogen-bond donors (Lipinski definition) is 0. The summed E-state index contributed by atoms with van der Waals surface area (Å²) < 4.78 is 16.1. The second-order valence-electron chi connectivity index (χ2n) is 10.6. The first-order chi connectivity index (χ1) is 15.8. The van der Waals surface area contributed by atoms with Gasteiger partial charge in [-0.2, -0.15) is 0 Å². The van der Waals surface area contributed by atoms with Crippen LogP contribution in [0.3, 0.4) is 0 Å². The number of hydrogen-bond acceptors (Lipinski definition) is 7. The summed E-state index contributed by atoms with van der Waals surface area (Å²) in [4.78, 5) is 21.3. The first-order valence-electron chi connectivity index (χ1n) is 11.5. The van der Waals surface area contributed by atoms with Gasteiger partial charge < -0.3 is 23.5 Å². The highest BCUT2D eigenvalue weighted by Crippen LogP contribution is 2.40. The molecule has 188 valence electrons. The average Bonchev–Trinajstić information content (AvgIpc) is 3.29. The lowest BCUT2D eigenvalue weighted by molar-refractivity contribution is -0.0571. The number of oxime groups is 1. The summed E-state index contributed by atoms with van der Waals surface area (Å²) in [6.07, 6.45) is 5.27. The zero-order chi connectivity index (χ0) is 25.3. The number of rotatable bonds is 8. The van der Waals surface area contributed by atoms with E-state index in [0.717, 1.165) is 20.3 Å². The quantitative estimate of drug-likeness (QED) is 0.134. The Morgan fingerprint density at radius 1 is 1.32 bits per heavy atom. The molecule has 3 atom stereocenters. The minimum Gasteiger partial charge on any atom is -0.414 e. The van der Waals surface area contributed by atoms with Crippen LogP contribution in [-0.4, -0.2) is 72.7 Å². The van der Waals surface area contributed by atoms with E-state index in [4.69, 9.17) is 14.0 Å². The highest BCUT2D eigenvalue weighted by molar-refractivity contribution is 14.1. The molecule has 1 fully saturated rings. The van der Waals surface area contributed by atoms with E-state index in [1.165, 1.54) is 0 Å². The third-order valence-electron chi connectivity index (χ3n) is 6.23. The molecule has 1 saturated heterocycles. The van der Waals surface area contributed by atoms with Gasteiger partial charge in [0.05, 0.1) is 24.0 Å². The van der Waals surface area contributed by atoms with Crippen molar-refractivity contribution in [1.82, 2.24) is 19.4 Å². The molecule has 2 aromatic rings. The molecule has 0 N–H and O–H groups in total. The maximum atomic E-state index is 6.52. The van der Waals surface area contributed by atoms with Crippen LogP contribution in [0.5, 0.6) is 0 Å². The summed E-state index contributed by atoms with van der Waals surface area (Å²) in [7, 11) is 1.92. The lowest BCUT2D eigenvalue weighted by atomic mass is 10.2. The van der Waals surface area contributed by atoms with Crippen LogP contribution in [-0.2, 0) is 14.0 Å². The molecule has 1 unspecified atom stereocenters. The second kappa shape index (κ2) is 10.6. The Hall–Kier alpha value is -1.57. The summed E-state index contributed by atoms with van der Waals surface area (Å²) in [5.41, 5.74) is 1.65. The molecule has 3 rings (SSSR count). The molecule has 0 bridgehead atoms. The summed E-state index contributed by atoms with van der Waals surface area (Å²) in [5, 5.41) is 5.26. The minimum absolute atomic E-state index is 0.118. The van der Waals surface area contributed by atoms with Gasteiger partial charge in [-0.3, -0.25) is 0 Å². The van der Waals surface area contributed by atoms with E-state index < -0.39 is 8.32 Å². The summed E-state index contributed by atoms with van der Waals surface area (Å²) in [6.45, 7) is 15.5. The van der Waals surface area contributed by atoms with Crippen LogP contribution < -0.4 is 0 Å². The summed E-state index contributed by atoms with van der Waals surface area (Å²) >= 11 is 2.30. The molecule has 1 aliphatic heterocycles. The second-order valence-corrected chi connectivity index (χ2v) is 16.6. The summed E-state index contributed by atoms with van der Waals surface area (Å²) in [6, 6.07) is 0. The fraction of sp³-hybridized carbons (Fsp3) is 0.652. The maximum Gasteiger partial charge on any atom is 0.192 e. The molecule has 0 aliphatic carbocycles. The molecule has 3 heterocycles. The molecule has 9 nitrogen and oxygen atoms in total. The largest absolute Gasteiger partial charge is 0.414 e. The van der Waals surface area contributed by atoms with Crippen molar-refractivity contribution in [3.8, 4) is 0 Å². The first-order valence-corrected chi connectivity index (χ1v) is 15.5. The molecule has 0 saturated carbocycles. The van der Waals surface area contributed by atoms with E-state index >= 15 is 0 Å². The Morgan fingerprint density at radius 2 is 2.03 bits per heavy atom. The fourth-order valence-corrected chi connectivity index (χ4v) is 5.12. The van der Waals surface area contributed by atoms with E-state index in [1.807, 2.05) is 39.0 Å². The zero-order valence-corrected chi connectivity index (χ0v) is 24.8. The van der Waals surface area contributed by atoms with Gasteiger partial charge in [-0.25, -0.2) is 15.0 Å². The van der Waals surface area contributed by atoms with Gasteiger partial charge in [0, 0.05) is 30.3 Å². The van der Waals surface area contributed by atoms with Crippen LogP contribution in [0.25, 0.3) is 11.0 Å². The Bertz CT molecular complexity index is 1060. The molecular formula is C23H37IN6O3Si. The Balaban J connectivity index is 1.90. The normalized spacial score (nSPS) is 21.4. The minimum atomic E-state index is -1.93. The highest BCUT2D eigenvalue weighted by atomic mass is 127. The SMILES string of the molecule is CC(C)=NOC1C[C@H](n2cc(I)c3c(/N=C/N(C)C)ncnc32)O[C@@H]1CO[Si](C)(C)C(C)(C)C. The molecule has 2 aromatic heterocycles. The Morgan fingerprint density at radius 3 is 2.65 bits per heavy atom. The predicted molar refractivity (Wildman–Crippen MR) is 147 cm³/mol. The van der Waals surface area contributed by atoms with Crippen LogP contribution in [0.4, 0.5) is 5.82 Å². The summed E-state index contributed by atoms with van der Waals surface area (Å²) in [5.74, 6) is 0.636. The standard InChI is InChI=1S/C23H37IN6O3Si/c1-15(2)28-33-17-10-19(32-18(17)12-31-34(8,9)23(3,4)5)30-11-16(24)20-21(27-14-29(6)7)25-13-26-22(20)30/h11,13-14,17-19H,10,12H2,1-9H3/b27-14+/t17?,18-,19-/m1/s1. The lowest BCUT2D eigenvalue weighted by Crippen LogP contribution is -2.44. The van der Waals surface area contributed by atoms with E-state index in [9.17, 15) is 0 Å². The van der Waals surface area contributed by atoms with Gasteiger partial charge >= 0.3 is 0 Å². The average molecular weight is 601 g/mol. The maximum absolute atomic E-state index is 6.52. The number of fused-ring (bicyclic) bond motifs is 1. The van der Waals surface area contributed by atoms with Gasteiger partial charge in [-0.15, -0.1) is 0 Å². The molecule has 0 amide bonds. The fourth-order valence-electron chi connectivity index (χ4n) is 3.32. The van der Waals surface area contributed by atoms with E-state index in [2.05, 4.69) is 81.1 Å². The van der Waals surface area contributed by atoms with Crippen molar-refractivity contribution in [3.05, 3.63) is 16.1 Å². The molecule has 0 aromatic carbocycles. The van der Waals surface area contributed by atoms with Crippen molar-refractivity contribution in [2.75, 3.05) is 20.7 Å². The number of halogens is 1. The lowest BCUT2D eigenvalue weighted by Gasteiger charge is -2.37. The van der Waals surface area contributed by atoms with Gasteiger partial charge in [-0.05, 0) is 54.6 Å². The van der Waals surface area contributed by atoms with Crippen LogP contribution in [0.1, 0.15) is 47.3 Å². The molecule has 11 heteroatoms. The highest BCUT2D eigenvalue weighted by Gasteiger charge is 2.43. The van der Waals surface area contributed by atoms with Gasteiger partial charge in [0.15, 0.2) is 20.2 Å². The third kappa shape index (κ3) is 6.16. The van der Waals surface area contributed by atoms with Crippen LogP contribution in [0, 0.1) is 3.57 Å². The first kappa shape index (κ1) is 27.0. The topological polar surface area (TPSA) is 86.4 Å². The smallest absolute Gasteiger partial charge is 0.192 e. The number of nitrogens with zero attached hydrogens (tertiary/aromatic N) is 6. The van der Waals surface area contributed by atoms with Gasteiger partial charge in [0.2, 0.25) is 0 Å². The van der Waals surface area contributed by atoms with Crippen LogP contribution >= 0.6 is 22.6 Å². The van der Waals surface area contributed by atoms with E-state index in [0.29, 0.717) is 18.8 Å². The third-order valence-corrected chi connectivity index (χ3v) is 11.5.